The maximum atomic E-state index is 14.5. The standard InChI is InChI=1S/C29H35F4N7O5/c1-16(2)13-19-25-24(17(30)14-34-19)36-22(37-25)15-40-21(29(31,32)33)12-11-18(27(40)43)35-26(42)20(45-28(44)39(5)6)9-7-8-10-23(41)38(3)4/h8,10-12,14,16,20H,7,9,13,15H2,1-6H3,(H,35,42)(H,36,37). The lowest BCUT2D eigenvalue weighted by atomic mass is 10.1. The van der Waals surface area contributed by atoms with Crippen molar-refractivity contribution in [2.45, 2.75) is 51.9 Å². The zero-order chi connectivity index (χ0) is 33.6. The summed E-state index contributed by atoms with van der Waals surface area (Å²) in [5.41, 5.74) is -2.55. The molecule has 0 aliphatic heterocycles. The molecule has 3 aromatic heterocycles. The molecule has 0 aromatic carbocycles. The van der Waals surface area contributed by atoms with Crippen molar-refractivity contribution >= 4 is 34.6 Å². The van der Waals surface area contributed by atoms with Crippen LogP contribution in [0.5, 0.6) is 0 Å². The van der Waals surface area contributed by atoms with E-state index in [1.54, 1.807) is 14.1 Å². The lowest BCUT2D eigenvalue weighted by molar-refractivity contribution is -0.144. The highest BCUT2D eigenvalue weighted by molar-refractivity contribution is 5.95. The SMILES string of the molecule is CC(C)Cc1ncc(F)c2nc(Cn3c(C(F)(F)F)ccc(NC(=O)C(CCC=CC(=O)N(C)C)OC(=O)N(C)C)c3=O)[nH]c12. The van der Waals surface area contributed by atoms with Crippen molar-refractivity contribution in [3.63, 3.8) is 0 Å². The number of alkyl halides is 3. The lowest BCUT2D eigenvalue weighted by Gasteiger charge is -2.20. The number of nitrogens with one attached hydrogen (secondary N) is 2. The van der Waals surface area contributed by atoms with E-state index in [1.165, 1.54) is 31.1 Å². The normalized spacial score (nSPS) is 12.5. The maximum Gasteiger partial charge on any atom is 0.431 e. The van der Waals surface area contributed by atoms with Gasteiger partial charge >= 0.3 is 12.3 Å². The first kappa shape index (κ1) is 34.7. The van der Waals surface area contributed by atoms with Crippen LogP contribution in [0.3, 0.4) is 0 Å². The molecule has 1 atom stereocenters. The first-order valence-corrected chi connectivity index (χ1v) is 13.9. The largest absolute Gasteiger partial charge is 0.436 e. The third-order valence-corrected chi connectivity index (χ3v) is 6.43. The average Bonchev–Trinajstić information content (AvgIpc) is 3.37. The number of allylic oxidation sites excluding steroid dienone is 1. The number of carbonyl (C=O) groups is 3. The van der Waals surface area contributed by atoms with Gasteiger partial charge in [0.05, 0.1) is 24.0 Å². The predicted molar refractivity (Wildman–Crippen MR) is 157 cm³/mol. The van der Waals surface area contributed by atoms with E-state index in [2.05, 4.69) is 20.3 Å². The minimum absolute atomic E-state index is 0.102. The zero-order valence-electron chi connectivity index (χ0n) is 25.7. The minimum atomic E-state index is -4.97. The maximum absolute atomic E-state index is 14.5. The molecule has 45 heavy (non-hydrogen) atoms. The van der Waals surface area contributed by atoms with Crippen LogP contribution in [0.2, 0.25) is 0 Å². The van der Waals surface area contributed by atoms with Crippen LogP contribution in [0.25, 0.3) is 11.0 Å². The summed E-state index contributed by atoms with van der Waals surface area (Å²) in [5, 5.41) is 2.26. The first-order chi connectivity index (χ1) is 21.0. The zero-order valence-corrected chi connectivity index (χ0v) is 25.7. The summed E-state index contributed by atoms with van der Waals surface area (Å²) in [7, 11) is 5.86. The van der Waals surface area contributed by atoms with Crippen molar-refractivity contribution in [1.29, 1.82) is 0 Å². The summed E-state index contributed by atoms with van der Waals surface area (Å²) in [6, 6.07) is 1.41. The van der Waals surface area contributed by atoms with Gasteiger partial charge in [-0.1, -0.05) is 19.9 Å². The van der Waals surface area contributed by atoms with Crippen LogP contribution in [0.1, 0.15) is 43.9 Å². The number of halogens is 4. The molecular weight excluding hydrogens is 602 g/mol. The molecule has 3 heterocycles. The van der Waals surface area contributed by atoms with Gasteiger partial charge in [-0.05, 0) is 43.4 Å². The second-order valence-corrected chi connectivity index (χ2v) is 11.0. The molecule has 0 aliphatic carbocycles. The van der Waals surface area contributed by atoms with Crippen LogP contribution in [-0.2, 0) is 33.5 Å². The van der Waals surface area contributed by atoms with Crippen molar-refractivity contribution < 1.29 is 36.7 Å². The molecule has 12 nitrogen and oxygen atoms in total. The molecule has 0 radical (unpaired) electrons. The number of rotatable bonds is 11. The molecule has 3 aromatic rings. The number of fused-ring (bicyclic) bond motifs is 1. The van der Waals surface area contributed by atoms with Crippen molar-refractivity contribution in [2.24, 2.45) is 5.92 Å². The number of H-pyrrole nitrogens is 1. The van der Waals surface area contributed by atoms with E-state index in [4.69, 9.17) is 4.74 Å². The fourth-order valence-electron chi connectivity index (χ4n) is 4.17. The molecule has 0 saturated carbocycles. The minimum Gasteiger partial charge on any atom is -0.436 e. The third kappa shape index (κ3) is 8.89. The van der Waals surface area contributed by atoms with Gasteiger partial charge in [-0.2, -0.15) is 13.2 Å². The molecule has 0 bridgehead atoms. The van der Waals surface area contributed by atoms with Gasteiger partial charge in [0.15, 0.2) is 11.9 Å². The summed E-state index contributed by atoms with van der Waals surface area (Å²) in [4.78, 5) is 63.9. The van der Waals surface area contributed by atoms with Gasteiger partial charge in [-0.3, -0.25) is 23.9 Å². The van der Waals surface area contributed by atoms with E-state index in [0.717, 1.165) is 17.2 Å². The molecule has 1 unspecified atom stereocenters. The van der Waals surface area contributed by atoms with Gasteiger partial charge in [0.1, 0.15) is 22.7 Å². The Morgan fingerprint density at radius 1 is 1.13 bits per heavy atom. The number of ether oxygens (including phenoxy) is 1. The topological polar surface area (TPSA) is 143 Å². The quantitative estimate of drug-likeness (QED) is 0.240. The van der Waals surface area contributed by atoms with Crippen molar-refractivity contribution in [2.75, 3.05) is 33.5 Å². The first-order valence-electron chi connectivity index (χ1n) is 13.9. The van der Waals surface area contributed by atoms with Crippen LogP contribution in [0.15, 0.2) is 35.3 Å². The van der Waals surface area contributed by atoms with Gasteiger partial charge in [0.2, 0.25) is 5.91 Å². The molecule has 2 N–H and O–H groups in total. The summed E-state index contributed by atoms with van der Waals surface area (Å²) < 4.78 is 62.1. The van der Waals surface area contributed by atoms with Crippen molar-refractivity contribution in [1.82, 2.24) is 29.3 Å². The van der Waals surface area contributed by atoms with E-state index >= 15 is 0 Å². The van der Waals surface area contributed by atoms with Crippen LogP contribution in [0.4, 0.5) is 28.0 Å². The van der Waals surface area contributed by atoms with E-state index in [1.807, 2.05) is 13.8 Å². The van der Waals surface area contributed by atoms with Crippen LogP contribution in [0, 0.1) is 11.7 Å². The van der Waals surface area contributed by atoms with Gasteiger partial charge in [-0.25, -0.2) is 14.2 Å². The van der Waals surface area contributed by atoms with E-state index in [0.29, 0.717) is 22.7 Å². The van der Waals surface area contributed by atoms with Gasteiger partial charge in [0.25, 0.3) is 11.5 Å². The molecule has 3 amide bonds. The molecule has 3 rings (SSSR count). The summed E-state index contributed by atoms with van der Waals surface area (Å²) >= 11 is 0. The Bertz CT molecular complexity index is 1640. The van der Waals surface area contributed by atoms with E-state index in [9.17, 15) is 36.7 Å². The monoisotopic (exact) mass is 637 g/mol. The van der Waals surface area contributed by atoms with Gasteiger partial charge in [0, 0.05) is 28.2 Å². The number of aromatic amines is 1. The Kier molecular flexibility index (Phi) is 11.1. The smallest absolute Gasteiger partial charge is 0.431 e. The number of hydrogen-bond donors (Lipinski definition) is 2. The number of imidazole rings is 1. The van der Waals surface area contributed by atoms with Crippen molar-refractivity contribution in [3.8, 4) is 0 Å². The molecular formula is C29H35F4N7O5. The highest BCUT2D eigenvalue weighted by atomic mass is 19.4. The Balaban J connectivity index is 1.96. The van der Waals surface area contributed by atoms with Crippen LogP contribution < -0.4 is 10.9 Å². The number of carbonyl (C=O) groups excluding carboxylic acids is 3. The lowest BCUT2D eigenvalue weighted by Crippen LogP contribution is -2.38. The number of likely N-dealkylation sites (N-methyl/N-ethyl adjacent to an activating group) is 1. The number of nitrogens with zero attached hydrogens (tertiary/aromatic N) is 5. The Morgan fingerprint density at radius 3 is 2.42 bits per heavy atom. The molecule has 244 valence electrons. The summed E-state index contributed by atoms with van der Waals surface area (Å²) in [6.07, 6.45) is -3.14. The fraction of sp³-hybridized carbons (Fsp3) is 0.448. The summed E-state index contributed by atoms with van der Waals surface area (Å²) in [6.45, 7) is 3.09. The Hall–Kier alpha value is -4.76. The average molecular weight is 638 g/mol. The number of anilines is 1. The second-order valence-electron chi connectivity index (χ2n) is 11.0. The molecule has 0 spiro atoms. The Morgan fingerprint density at radius 2 is 1.82 bits per heavy atom. The van der Waals surface area contributed by atoms with E-state index in [-0.39, 0.29) is 41.5 Å². The molecule has 0 saturated heterocycles. The summed E-state index contributed by atoms with van der Waals surface area (Å²) in [5.74, 6) is -2.09. The van der Waals surface area contributed by atoms with Crippen molar-refractivity contribution in [3.05, 3.63) is 63.9 Å². The molecule has 16 heteroatoms. The highest BCUT2D eigenvalue weighted by Gasteiger charge is 2.35. The fourth-order valence-corrected chi connectivity index (χ4v) is 4.17. The predicted octanol–water partition coefficient (Wildman–Crippen LogP) is 3.95. The highest BCUT2D eigenvalue weighted by Crippen LogP contribution is 2.30. The molecule has 0 fully saturated rings. The van der Waals surface area contributed by atoms with Crippen LogP contribution >= 0.6 is 0 Å². The second kappa shape index (κ2) is 14.3. The molecule has 0 aliphatic rings. The third-order valence-electron chi connectivity index (χ3n) is 6.43. The Labute approximate surface area is 256 Å². The van der Waals surface area contributed by atoms with Crippen LogP contribution in [-0.4, -0.2) is 81.5 Å². The number of hydrogen-bond acceptors (Lipinski definition) is 7. The van der Waals surface area contributed by atoms with Gasteiger partial charge in [-0.15, -0.1) is 0 Å². The van der Waals surface area contributed by atoms with E-state index < -0.39 is 53.6 Å². The number of aromatic nitrogens is 4. The number of pyridine rings is 2. The number of amides is 3. The van der Waals surface area contributed by atoms with Gasteiger partial charge < -0.3 is 24.8 Å².